The van der Waals surface area contributed by atoms with E-state index in [9.17, 15) is 19.6 Å². The zero-order valence-electron chi connectivity index (χ0n) is 23.0. The summed E-state index contributed by atoms with van der Waals surface area (Å²) in [5.74, 6) is -0.185. The zero-order valence-corrected chi connectivity index (χ0v) is 23.0. The molecular weight excluding hydrogens is 534 g/mol. The Bertz CT molecular complexity index is 1590. The molecule has 1 saturated heterocycles. The summed E-state index contributed by atoms with van der Waals surface area (Å²) in [5, 5.41) is 28.7. The van der Waals surface area contributed by atoms with Crippen LogP contribution in [-0.2, 0) is 23.1 Å². The number of benzene rings is 2. The molecule has 6 N–H and O–H groups in total. The summed E-state index contributed by atoms with van der Waals surface area (Å²) >= 11 is 0. The first-order valence-electron chi connectivity index (χ1n) is 14.3. The van der Waals surface area contributed by atoms with Crippen LogP contribution in [0.15, 0.2) is 36.4 Å². The highest BCUT2D eigenvalue weighted by molar-refractivity contribution is 5.94. The summed E-state index contributed by atoms with van der Waals surface area (Å²) in [6.07, 6.45) is 5.09. The zero-order chi connectivity index (χ0) is 29.2. The van der Waals surface area contributed by atoms with Gasteiger partial charge < -0.3 is 21.7 Å². The lowest BCUT2D eigenvalue weighted by atomic mass is 9.67. The Morgan fingerprint density at radius 1 is 1.02 bits per heavy atom. The standard InChI is InChI=1S/C30H31N9O3/c31-13-21-11-20-12-24(20)39(21)25(40)14-34-29(7-8-29)15-30(28-35-37-38-36-28)22-5-3-18(26(32)41)9-16(22)1-2-17-10-19(27(33)42)4-6-23(17)30/h3-6,9-10,20-21,24,34H,1-2,7-8,11-12,14-15H2,(H2,32,41)(H2,33,42)(H,35,36,37,38)/t20-,21+,24+/m1/s1. The van der Waals surface area contributed by atoms with Crippen molar-refractivity contribution in [2.24, 2.45) is 17.4 Å². The second kappa shape index (κ2) is 9.46. The van der Waals surface area contributed by atoms with Crippen molar-refractivity contribution in [1.82, 2.24) is 30.8 Å². The van der Waals surface area contributed by atoms with E-state index in [-0.39, 0.29) is 24.5 Å². The number of hydrogen-bond donors (Lipinski definition) is 4. The summed E-state index contributed by atoms with van der Waals surface area (Å²) in [4.78, 5) is 39.4. The Morgan fingerprint density at radius 2 is 1.67 bits per heavy atom. The van der Waals surface area contributed by atoms with Gasteiger partial charge in [-0.25, -0.2) is 0 Å². The molecule has 3 fully saturated rings. The number of aromatic nitrogens is 4. The second-order valence-corrected chi connectivity index (χ2v) is 12.2. The van der Waals surface area contributed by atoms with Gasteiger partial charge in [-0.15, -0.1) is 10.2 Å². The molecule has 3 aromatic rings. The van der Waals surface area contributed by atoms with Gasteiger partial charge in [0.15, 0.2) is 5.82 Å². The van der Waals surface area contributed by atoms with Gasteiger partial charge in [0.05, 0.1) is 18.0 Å². The second-order valence-electron chi connectivity index (χ2n) is 12.2. The van der Waals surface area contributed by atoms with Crippen LogP contribution in [0, 0.1) is 17.2 Å². The normalized spacial score (nSPS) is 24.0. The highest BCUT2D eigenvalue weighted by Crippen LogP contribution is 2.54. The molecule has 3 amide bonds. The number of H-pyrrole nitrogens is 1. The van der Waals surface area contributed by atoms with Gasteiger partial charge in [0, 0.05) is 22.7 Å². The SMILES string of the molecule is N#C[C@@H]1C[C@@H]2C[C@@H]2N1C(=O)CNC1(CC2(c3nn[nH]n3)c3ccc(C(N)=O)cc3CCc3cc(C(N)=O)ccc32)CC1. The minimum Gasteiger partial charge on any atom is -0.366 e. The van der Waals surface area contributed by atoms with Crippen molar-refractivity contribution in [2.45, 2.75) is 68.0 Å². The monoisotopic (exact) mass is 565 g/mol. The number of tetrazole rings is 1. The number of likely N-dealkylation sites (tertiary alicyclic amines) is 1. The predicted molar refractivity (Wildman–Crippen MR) is 149 cm³/mol. The molecular formula is C30H31N9O3. The Labute approximate surface area is 241 Å². The van der Waals surface area contributed by atoms with Gasteiger partial charge in [0.1, 0.15) is 6.04 Å². The number of carbonyl (C=O) groups excluding carboxylic acids is 3. The minimum atomic E-state index is -0.919. The number of nitrogens with zero attached hydrogens (tertiary/aromatic N) is 5. The number of piperidine rings is 1. The van der Waals surface area contributed by atoms with E-state index in [4.69, 9.17) is 11.5 Å². The van der Waals surface area contributed by atoms with Crippen molar-refractivity contribution in [1.29, 1.82) is 5.26 Å². The van der Waals surface area contributed by atoms with Crippen molar-refractivity contribution >= 4 is 17.7 Å². The molecule has 42 heavy (non-hydrogen) atoms. The first-order chi connectivity index (χ1) is 20.2. The highest BCUT2D eigenvalue weighted by Gasteiger charge is 2.56. The summed E-state index contributed by atoms with van der Waals surface area (Å²) < 4.78 is 0. The van der Waals surface area contributed by atoms with Crippen LogP contribution in [0.3, 0.4) is 0 Å². The average Bonchev–Trinajstić information content (AvgIpc) is 3.83. The molecule has 0 radical (unpaired) electrons. The van der Waals surface area contributed by atoms with E-state index < -0.39 is 22.8 Å². The van der Waals surface area contributed by atoms with Crippen molar-refractivity contribution in [3.8, 4) is 6.07 Å². The van der Waals surface area contributed by atoms with Gasteiger partial charge in [0.2, 0.25) is 17.7 Å². The molecule has 4 aliphatic rings. The van der Waals surface area contributed by atoms with Crippen LogP contribution < -0.4 is 16.8 Å². The molecule has 3 aliphatic carbocycles. The molecule has 0 spiro atoms. The highest BCUT2D eigenvalue weighted by atomic mass is 16.2. The number of hydrogen-bond acceptors (Lipinski definition) is 8. The van der Waals surface area contributed by atoms with Gasteiger partial charge in [-0.1, -0.05) is 17.3 Å². The molecule has 12 nitrogen and oxygen atoms in total. The molecule has 3 atom stereocenters. The van der Waals surface area contributed by atoms with Crippen LogP contribution in [0.4, 0.5) is 0 Å². The first kappa shape index (κ1) is 26.3. The lowest BCUT2D eigenvalue weighted by molar-refractivity contribution is -0.131. The fourth-order valence-corrected chi connectivity index (χ4v) is 7.37. The molecule has 0 bridgehead atoms. The maximum absolute atomic E-state index is 13.4. The van der Waals surface area contributed by atoms with Crippen LogP contribution in [0.1, 0.15) is 80.9 Å². The Balaban J connectivity index is 1.31. The third-order valence-electron chi connectivity index (χ3n) is 9.70. The van der Waals surface area contributed by atoms with E-state index in [1.54, 1.807) is 17.0 Å². The summed E-state index contributed by atoms with van der Waals surface area (Å²) in [7, 11) is 0. The van der Waals surface area contributed by atoms with Crippen molar-refractivity contribution in [3.05, 3.63) is 75.6 Å². The predicted octanol–water partition coefficient (Wildman–Crippen LogP) is 0.856. The molecule has 214 valence electrons. The van der Waals surface area contributed by atoms with Gasteiger partial charge in [0.25, 0.3) is 0 Å². The Kier molecular flexibility index (Phi) is 5.92. The van der Waals surface area contributed by atoms with Gasteiger partial charge in [-0.3, -0.25) is 14.4 Å². The number of primary amides is 2. The van der Waals surface area contributed by atoms with Crippen LogP contribution in [0.2, 0.25) is 0 Å². The minimum absolute atomic E-state index is 0.0506. The number of aromatic amines is 1. The van der Waals surface area contributed by atoms with E-state index in [1.165, 1.54) is 0 Å². The Morgan fingerprint density at radius 3 is 2.19 bits per heavy atom. The van der Waals surface area contributed by atoms with Crippen LogP contribution in [0.25, 0.3) is 0 Å². The van der Waals surface area contributed by atoms with E-state index in [0.29, 0.717) is 42.1 Å². The number of amides is 3. The third-order valence-corrected chi connectivity index (χ3v) is 9.70. The number of nitriles is 1. The Hall–Kier alpha value is -4.63. The molecule has 2 aromatic carbocycles. The van der Waals surface area contributed by atoms with E-state index in [0.717, 1.165) is 47.9 Å². The van der Waals surface area contributed by atoms with E-state index in [2.05, 4.69) is 32.0 Å². The third kappa shape index (κ3) is 4.15. The maximum atomic E-state index is 13.4. The fraction of sp³-hybridized carbons (Fsp3) is 0.433. The van der Waals surface area contributed by atoms with Gasteiger partial charge in [-0.05, 0) is 97.4 Å². The summed E-state index contributed by atoms with van der Waals surface area (Å²) in [5.41, 5.74) is 14.5. The number of aryl methyl sites for hydroxylation is 2. The van der Waals surface area contributed by atoms with Crippen molar-refractivity contribution in [3.63, 3.8) is 0 Å². The van der Waals surface area contributed by atoms with Gasteiger partial charge in [-0.2, -0.15) is 10.5 Å². The van der Waals surface area contributed by atoms with Crippen LogP contribution in [0.5, 0.6) is 0 Å². The van der Waals surface area contributed by atoms with Crippen LogP contribution >= 0.6 is 0 Å². The quantitative estimate of drug-likeness (QED) is 0.308. The van der Waals surface area contributed by atoms with Crippen molar-refractivity contribution in [2.75, 3.05) is 6.54 Å². The lowest BCUT2D eigenvalue weighted by Gasteiger charge is -2.37. The largest absolute Gasteiger partial charge is 0.366 e. The number of nitrogens with two attached hydrogens (primary N) is 2. The fourth-order valence-electron chi connectivity index (χ4n) is 7.37. The summed E-state index contributed by atoms with van der Waals surface area (Å²) in [6.45, 7) is 0.130. The van der Waals surface area contributed by atoms with Crippen molar-refractivity contribution < 1.29 is 14.4 Å². The number of carbonyl (C=O) groups is 3. The molecule has 0 unspecified atom stereocenters. The van der Waals surface area contributed by atoms with Crippen LogP contribution in [-0.4, -0.2) is 67.4 Å². The number of nitrogens with one attached hydrogen (secondary N) is 2. The topological polar surface area (TPSA) is 197 Å². The molecule has 2 heterocycles. The summed E-state index contributed by atoms with van der Waals surface area (Å²) in [6, 6.07) is 13.0. The van der Waals surface area contributed by atoms with E-state index in [1.807, 2.05) is 24.3 Å². The molecule has 1 aliphatic heterocycles. The van der Waals surface area contributed by atoms with Gasteiger partial charge >= 0.3 is 0 Å². The first-order valence-corrected chi connectivity index (χ1v) is 14.3. The van der Waals surface area contributed by atoms with E-state index >= 15 is 0 Å². The molecule has 7 rings (SSSR count). The number of rotatable bonds is 8. The number of fused-ring (bicyclic) bond motifs is 3. The molecule has 1 aromatic heterocycles. The molecule has 12 heteroatoms. The maximum Gasteiger partial charge on any atom is 0.248 e. The molecule has 2 saturated carbocycles. The average molecular weight is 566 g/mol. The smallest absolute Gasteiger partial charge is 0.248 e. The lowest BCUT2D eigenvalue weighted by Crippen LogP contribution is -2.48.